The molecule has 0 aliphatic carbocycles. The summed E-state index contributed by atoms with van der Waals surface area (Å²) in [4.78, 5) is 28.2. The van der Waals surface area contributed by atoms with Gasteiger partial charge in [-0.15, -0.1) is 0 Å². The van der Waals surface area contributed by atoms with Gasteiger partial charge < -0.3 is 10.1 Å². The molecule has 0 saturated carbocycles. The molecule has 0 spiro atoms. The number of hydroxylamine groups is 2. The van der Waals surface area contributed by atoms with Crippen molar-refractivity contribution in [3.63, 3.8) is 0 Å². The lowest BCUT2D eigenvalue weighted by Gasteiger charge is -2.22. The van der Waals surface area contributed by atoms with Crippen LogP contribution in [-0.4, -0.2) is 44.4 Å². The van der Waals surface area contributed by atoms with Gasteiger partial charge in [-0.3, -0.25) is 9.63 Å². The highest BCUT2D eigenvalue weighted by molar-refractivity contribution is 5.84. The molecule has 1 rings (SSSR count). The van der Waals surface area contributed by atoms with Crippen LogP contribution in [0.3, 0.4) is 0 Å². The molecule has 1 aromatic rings. The summed E-state index contributed by atoms with van der Waals surface area (Å²) in [6.07, 6.45) is 0.491. The van der Waals surface area contributed by atoms with Crippen molar-refractivity contribution in [2.24, 2.45) is 0 Å². The first-order chi connectivity index (χ1) is 9.58. The molecule has 0 aliphatic rings. The number of hydrogen-bond acceptors (Lipinski definition) is 4. The lowest BCUT2D eigenvalue weighted by Crippen LogP contribution is -2.47. The van der Waals surface area contributed by atoms with Crippen LogP contribution in [-0.2, 0) is 20.8 Å². The van der Waals surface area contributed by atoms with Gasteiger partial charge in [-0.2, -0.15) is 0 Å². The minimum atomic E-state index is -0.687. The SMILES string of the molecule is COC(=O)N[C@@H](CCc1ccccc1)C(=O)N(C)OC. The van der Waals surface area contributed by atoms with Crippen molar-refractivity contribution in [3.05, 3.63) is 35.9 Å². The summed E-state index contributed by atoms with van der Waals surface area (Å²) in [5.41, 5.74) is 1.09. The number of benzene rings is 1. The number of carbonyl (C=O) groups excluding carboxylic acids is 2. The van der Waals surface area contributed by atoms with Crippen LogP contribution in [0.5, 0.6) is 0 Å². The molecule has 1 atom stereocenters. The Balaban J connectivity index is 2.67. The molecular weight excluding hydrogens is 260 g/mol. The normalized spacial score (nSPS) is 11.6. The van der Waals surface area contributed by atoms with Gasteiger partial charge in [-0.05, 0) is 18.4 Å². The summed E-state index contributed by atoms with van der Waals surface area (Å²) in [5.74, 6) is -0.325. The second-order valence-electron chi connectivity index (χ2n) is 4.23. The van der Waals surface area contributed by atoms with Crippen molar-refractivity contribution in [3.8, 4) is 0 Å². The van der Waals surface area contributed by atoms with E-state index in [0.29, 0.717) is 12.8 Å². The second kappa shape index (κ2) is 8.16. The van der Waals surface area contributed by atoms with E-state index in [1.165, 1.54) is 21.3 Å². The number of likely N-dealkylation sites (N-methyl/N-ethyl adjacent to an activating group) is 1. The summed E-state index contributed by atoms with van der Waals surface area (Å²) in [7, 11) is 4.15. The second-order valence-corrected chi connectivity index (χ2v) is 4.23. The first kappa shape index (κ1) is 16.0. The Morgan fingerprint density at radius 1 is 1.25 bits per heavy atom. The van der Waals surface area contributed by atoms with Gasteiger partial charge in [-0.25, -0.2) is 9.86 Å². The van der Waals surface area contributed by atoms with Gasteiger partial charge in [0, 0.05) is 7.05 Å². The monoisotopic (exact) mass is 280 g/mol. The molecule has 0 unspecified atom stereocenters. The molecule has 1 aromatic carbocycles. The first-order valence-corrected chi connectivity index (χ1v) is 6.28. The topological polar surface area (TPSA) is 67.9 Å². The fourth-order valence-corrected chi connectivity index (χ4v) is 1.72. The van der Waals surface area contributed by atoms with Crippen LogP contribution in [0.25, 0.3) is 0 Å². The van der Waals surface area contributed by atoms with Crippen LogP contribution < -0.4 is 5.32 Å². The van der Waals surface area contributed by atoms with Gasteiger partial charge in [0.1, 0.15) is 6.04 Å². The Morgan fingerprint density at radius 2 is 1.90 bits per heavy atom. The van der Waals surface area contributed by atoms with Gasteiger partial charge in [0.05, 0.1) is 14.2 Å². The Kier molecular flexibility index (Phi) is 6.52. The zero-order chi connectivity index (χ0) is 15.0. The van der Waals surface area contributed by atoms with E-state index in [9.17, 15) is 9.59 Å². The molecular formula is C14H20N2O4. The maximum atomic E-state index is 12.1. The van der Waals surface area contributed by atoms with E-state index in [1.807, 2.05) is 30.3 Å². The number of ether oxygens (including phenoxy) is 1. The molecule has 2 amide bonds. The number of methoxy groups -OCH3 is 1. The maximum Gasteiger partial charge on any atom is 0.407 e. The summed E-state index contributed by atoms with van der Waals surface area (Å²) >= 11 is 0. The standard InChI is InChI=1S/C14H20N2O4/c1-16(20-3)13(17)12(15-14(18)19-2)10-9-11-7-5-4-6-8-11/h4-8,12H,9-10H2,1-3H3,(H,15,18)/t12-/m0/s1. The summed E-state index contributed by atoms with van der Waals surface area (Å²) < 4.78 is 4.53. The number of rotatable bonds is 6. The number of nitrogens with zero attached hydrogens (tertiary/aromatic N) is 1. The average Bonchev–Trinajstić information content (AvgIpc) is 2.50. The van der Waals surface area contributed by atoms with Gasteiger partial charge in [0.15, 0.2) is 0 Å². The van der Waals surface area contributed by atoms with E-state index in [-0.39, 0.29) is 5.91 Å². The third-order valence-electron chi connectivity index (χ3n) is 2.92. The van der Waals surface area contributed by atoms with Crippen molar-refractivity contribution in [1.82, 2.24) is 10.4 Å². The third kappa shape index (κ3) is 4.89. The van der Waals surface area contributed by atoms with Crippen molar-refractivity contribution >= 4 is 12.0 Å². The van der Waals surface area contributed by atoms with Gasteiger partial charge in [0.2, 0.25) is 0 Å². The molecule has 0 bridgehead atoms. The minimum Gasteiger partial charge on any atom is -0.453 e. The fourth-order valence-electron chi connectivity index (χ4n) is 1.72. The van der Waals surface area contributed by atoms with Crippen LogP contribution in [0, 0.1) is 0 Å². The highest BCUT2D eigenvalue weighted by Crippen LogP contribution is 2.07. The molecule has 0 saturated heterocycles. The lowest BCUT2D eigenvalue weighted by atomic mass is 10.0. The van der Waals surface area contributed by atoms with Crippen LogP contribution in [0.15, 0.2) is 30.3 Å². The molecule has 1 N–H and O–H groups in total. The van der Waals surface area contributed by atoms with Crippen molar-refractivity contribution in [2.45, 2.75) is 18.9 Å². The number of aryl methyl sites for hydroxylation is 1. The summed E-state index contributed by atoms with van der Waals surface area (Å²) in [5, 5.41) is 3.61. The molecule has 110 valence electrons. The molecule has 6 nitrogen and oxygen atoms in total. The Hall–Kier alpha value is -2.08. The number of amides is 2. The number of alkyl carbamates (subject to hydrolysis) is 1. The van der Waals surface area contributed by atoms with Crippen LogP contribution in [0.2, 0.25) is 0 Å². The van der Waals surface area contributed by atoms with E-state index in [4.69, 9.17) is 4.84 Å². The van der Waals surface area contributed by atoms with Gasteiger partial charge in [-0.1, -0.05) is 30.3 Å². The molecule has 6 heteroatoms. The van der Waals surface area contributed by atoms with Crippen molar-refractivity contribution < 1.29 is 19.2 Å². The van der Waals surface area contributed by atoms with Crippen LogP contribution >= 0.6 is 0 Å². The van der Waals surface area contributed by atoms with Crippen LogP contribution in [0.1, 0.15) is 12.0 Å². The van der Waals surface area contributed by atoms with E-state index in [2.05, 4.69) is 10.1 Å². The predicted octanol–water partition coefficient (Wildman–Crippen LogP) is 1.36. The zero-order valence-electron chi connectivity index (χ0n) is 12.0. The minimum absolute atomic E-state index is 0.325. The Bertz CT molecular complexity index is 436. The molecule has 0 heterocycles. The number of carbonyl (C=O) groups is 2. The summed E-state index contributed by atoms with van der Waals surface area (Å²) in [6, 6.07) is 9.05. The van der Waals surface area contributed by atoms with Crippen molar-refractivity contribution in [2.75, 3.05) is 21.3 Å². The first-order valence-electron chi connectivity index (χ1n) is 6.28. The molecule has 20 heavy (non-hydrogen) atoms. The predicted molar refractivity (Wildman–Crippen MR) is 73.9 cm³/mol. The highest BCUT2D eigenvalue weighted by atomic mass is 16.7. The number of nitrogens with one attached hydrogen (secondary N) is 1. The average molecular weight is 280 g/mol. The van der Waals surface area contributed by atoms with E-state index in [1.54, 1.807) is 0 Å². The van der Waals surface area contributed by atoms with Gasteiger partial charge >= 0.3 is 6.09 Å². The molecule has 0 radical (unpaired) electrons. The largest absolute Gasteiger partial charge is 0.453 e. The third-order valence-corrected chi connectivity index (χ3v) is 2.92. The quantitative estimate of drug-likeness (QED) is 0.799. The van der Waals surface area contributed by atoms with Crippen LogP contribution in [0.4, 0.5) is 4.79 Å². The van der Waals surface area contributed by atoms with E-state index < -0.39 is 12.1 Å². The van der Waals surface area contributed by atoms with Crippen molar-refractivity contribution in [1.29, 1.82) is 0 Å². The van der Waals surface area contributed by atoms with E-state index >= 15 is 0 Å². The molecule has 0 aliphatic heterocycles. The molecule has 0 fully saturated rings. The lowest BCUT2D eigenvalue weighted by molar-refractivity contribution is -0.171. The Labute approximate surface area is 118 Å². The Morgan fingerprint density at radius 3 is 2.45 bits per heavy atom. The molecule has 0 aromatic heterocycles. The summed E-state index contributed by atoms with van der Waals surface area (Å²) in [6.45, 7) is 0. The van der Waals surface area contributed by atoms with Gasteiger partial charge in [0.25, 0.3) is 5.91 Å². The zero-order valence-corrected chi connectivity index (χ0v) is 12.0. The van der Waals surface area contributed by atoms with E-state index in [0.717, 1.165) is 10.6 Å². The number of hydrogen-bond donors (Lipinski definition) is 1. The smallest absolute Gasteiger partial charge is 0.407 e. The maximum absolute atomic E-state index is 12.1. The highest BCUT2D eigenvalue weighted by Gasteiger charge is 2.24. The fraction of sp³-hybridized carbons (Fsp3) is 0.429.